The number of ether oxygens (including phenoxy) is 4. The van der Waals surface area contributed by atoms with Gasteiger partial charge in [-0.25, -0.2) is 0 Å². The molecule has 39 heavy (non-hydrogen) atoms. The summed E-state index contributed by atoms with van der Waals surface area (Å²) in [5, 5.41) is 40.2. The number of aliphatic hydroxyl groups excluding tert-OH is 4. The molecule has 1 saturated heterocycles. The monoisotopic (exact) mass is 559 g/mol. The molecule has 5 N–H and O–H groups in total. The average Bonchev–Trinajstić information content (AvgIpc) is 3.57. The molecule has 1 fully saturated rings. The van der Waals surface area contributed by atoms with E-state index in [0.29, 0.717) is 6.29 Å². The number of nitrogens with one attached hydrogen (secondary N) is 1. The summed E-state index contributed by atoms with van der Waals surface area (Å²) in [4.78, 5) is 61.7. The Kier molecular flexibility index (Phi) is 11.1. The van der Waals surface area contributed by atoms with Gasteiger partial charge in [0.05, 0.1) is 57.0 Å². The van der Waals surface area contributed by atoms with Crippen LogP contribution in [0.3, 0.4) is 0 Å². The summed E-state index contributed by atoms with van der Waals surface area (Å²) in [6.07, 6.45) is 3.13. The summed E-state index contributed by atoms with van der Waals surface area (Å²) < 4.78 is 21.0. The predicted molar refractivity (Wildman–Crippen MR) is 129 cm³/mol. The molecule has 14 nitrogen and oxygen atoms in total. The number of hydrogen-bond acceptors (Lipinski definition) is 13. The first kappa shape index (κ1) is 32.3. The number of carbonyl (C=O) groups excluding carboxylic acids is 5. The Hall–Kier alpha value is -2.91. The molecule has 4 atom stereocenters. The van der Waals surface area contributed by atoms with Gasteiger partial charge in [-0.05, 0) is 20.8 Å². The number of carbonyl (C=O) groups is 5. The zero-order chi connectivity index (χ0) is 29.4. The van der Waals surface area contributed by atoms with Crippen molar-refractivity contribution < 1.29 is 63.3 Å². The van der Waals surface area contributed by atoms with Crippen LogP contribution >= 0.6 is 0 Å². The molecule has 2 heterocycles. The second-order valence-corrected chi connectivity index (χ2v) is 10.6. The second-order valence-electron chi connectivity index (χ2n) is 10.6. The zero-order valence-electron chi connectivity index (χ0n) is 22.2. The topological polar surface area (TPSA) is 215 Å². The zero-order valence-corrected chi connectivity index (χ0v) is 22.2. The Morgan fingerprint density at radius 3 is 1.72 bits per heavy atom. The van der Waals surface area contributed by atoms with E-state index in [1.807, 2.05) is 0 Å². The summed E-state index contributed by atoms with van der Waals surface area (Å²) in [6, 6.07) is 0. The smallest absolute Gasteiger partial charge is 0.318 e. The predicted octanol–water partition coefficient (Wildman–Crippen LogP) is -2.51. The quantitative estimate of drug-likeness (QED) is 0.0435. The molecule has 2 aliphatic heterocycles. The maximum Gasteiger partial charge on any atom is 0.318 e. The van der Waals surface area contributed by atoms with E-state index in [9.17, 15) is 44.4 Å². The van der Waals surface area contributed by atoms with Gasteiger partial charge in [0.2, 0.25) is 5.91 Å². The van der Waals surface area contributed by atoms with Gasteiger partial charge < -0.3 is 49.5 Å². The highest BCUT2D eigenvalue weighted by atomic mass is 16.6. The van der Waals surface area contributed by atoms with Gasteiger partial charge in [0.25, 0.3) is 0 Å². The van der Waals surface area contributed by atoms with E-state index in [1.54, 1.807) is 12.2 Å². The van der Waals surface area contributed by atoms with E-state index in [2.05, 4.69) is 5.32 Å². The minimum atomic E-state index is -1.78. The summed E-state index contributed by atoms with van der Waals surface area (Å²) in [6.45, 7) is -0.986. The van der Waals surface area contributed by atoms with Crippen molar-refractivity contribution >= 4 is 30.1 Å². The summed E-state index contributed by atoms with van der Waals surface area (Å²) in [5.74, 6) is -4.80. The van der Waals surface area contributed by atoms with Crippen LogP contribution in [-0.2, 0) is 42.9 Å². The van der Waals surface area contributed by atoms with Crippen molar-refractivity contribution in [1.29, 1.82) is 0 Å². The molecule has 0 aromatic rings. The van der Waals surface area contributed by atoms with Crippen molar-refractivity contribution in [2.45, 2.75) is 33.0 Å². The second kappa shape index (κ2) is 13.4. The molecule has 14 heteroatoms. The minimum Gasteiger partial charge on any atom is -0.464 e. The molecule has 0 aromatic heterocycles. The molecule has 0 aromatic carbocycles. The normalized spacial score (nSPS) is 22.3. The van der Waals surface area contributed by atoms with Crippen molar-refractivity contribution in [2.24, 2.45) is 28.1 Å². The van der Waals surface area contributed by atoms with E-state index in [-0.39, 0.29) is 13.2 Å². The first-order valence-corrected chi connectivity index (χ1v) is 12.4. The molecule has 0 aliphatic carbocycles. The highest BCUT2D eigenvalue weighted by molar-refractivity contribution is 5.84. The maximum atomic E-state index is 13.0. The van der Waals surface area contributed by atoms with Crippen LogP contribution in [0.2, 0.25) is 0 Å². The lowest BCUT2D eigenvalue weighted by Crippen LogP contribution is -2.46. The standard InChI is InChI=1S/C25H37NO13/c1-23(9-28,10-29)20(33)37-13-25(3,14-38-21(34)24(2,11-30)12-31)22(35)36-7-6-26-19(32)18-15(8-27)16-4-5-17(18)39-16/h4-5,8,15-18,28-31H,6-7,9-14H2,1-3H3,(H,26,32)/t15-,16?,17?,18-/m1/s1. The number of aliphatic hydroxyl groups is 4. The van der Waals surface area contributed by atoms with Crippen molar-refractivity contribution in [3.63, 3.8) is 0 Å². The third-order valence-electron chi connectivity index (χ3n) is 6.97. The van der Waals surface area contributed by atoms with E-state index in [0.717, 1.165) is 0 Å². The molecule has 2 bridgehead atoms. The van der Waals surface area contributed by atoms with Crippen LogP contribution in [-0.4, -0.2) is 116 Å². The van der Waals surface area contributed by atoms with Gasteiger partial charge >= 0.3 is 17.9 Å². The third kappa shape index (κ3) is 7.19. The van der Waals surface area contributed by atoms with Gasteiger partial charge in [0, 0.05) is 0 Å². The van der Waals surface area contributed by atoms with Crippen LogP contribution in [0.25, 0.3) is 0 Å². The number of aldehydes is 1. The van der Waals surface area contributed by atoms with Crippen molar-refractivity contribution in [2.75, 3.05) is 52.8 Å². The molecular formula is C25H37NO13. The maximum absolute atomic E-state index is 13.0. The van der Waals surface area contributed by atoms with Crippen LogP contribution in [0.1, 0.15) is 20.8 Å². The lowest BCUT2D eigenvalue weighted by atomic mass is 9.83. The highest BCUT2D eigenvalue weighted by Gasteiger charge is 2.49. The lowest BCUT2D eigenvalue weighted by Gasteiger charge is -2.30. The number of esters is 3. The fourth-order valence-corrected chi connectivity index (χ4v) is 3.75. The average molecular weight is 560 g/mol. The van der Waals surface area contributed by atoms with Gasteiger partial charge in [0.15, 0.2) is 0 Å². The van der Waals surface area contributed by atoms with E-state index in [4.69, 9.17) is 18.9 Å². The number of fused-ring (bicyclic) bond motifs is 2. The lowest BCUT2D eigenvalue weighted by molar-refractivity contribution is -0.179. The van der Waals surface area contributed by atoms with Gasteiger partial charge in [-0.3, -0.25) is 19.2 Å². The Morgan fingerprint density at radius 2 is 1.26 bits per heavy atom. The molecule has 0 saturated carbocycles. The van der Waals surface area contributed by atoms with Gasteiger partial charge in [-0.1, -0.05) is 12.2 Å². The Labute approximate surface area is 225 Å². The fourth-order valence-electron chi connectivity index (χ4n) is 3.75. The van der Waals surface area contributed by atoms with Crippen molar-refractivity contribution in [1.82, 2.24) is 5.32 Å². The van der Waals surface area contributed by atoms with Crippen LogP contribution in [0, 0.1) is 28.1 Å². The van der Waals surface area contributed by atoms with Crippen LogP contribution in [0.15, 0.2) is 12.2 Å². The van der Waals surface area contributed by atoms with Crippen molar-refractivity contribution in [3.05, 3.63) is 12.2 Å². The molecule has 2 aliphatic rings. The van der Waals surface area contributed by atoms with Gasteiger partial charge in [0.1, 0.15) is 42.4 Å². The van der Waals surface area contributed by atoms with Gasteiger partial charge in [-0.15, -0.1) is 0 Å². The largest absolute Gasteiger partial charge is 0.464 e. The van der Waals surface area contributed by atoms with E-state index < -0.39 is 104 Å². The molecule has 2 rings (SSSR count). The van der Waals surface area contributed by atoms with E-state index >= 15 is 0 Å². The molecule has 2 unspecified atom stereocenters. The first-order valence-electron chi connectivity index (χ1n) is 12.4. The van der Waals surface area contributed by atoms with Crippen LogP contribution in [0.4, 0.5) is 0 Å². The SMILES string of the molecule is CC(CO)(CO)C(=O)OCC(C)(COC(=O)C(C)(CO)CO)C(=O)OCCNC(=O)[C@H]1C2C=CC(O2)[C@H]1C=O. The highest BCUT2D eigenvalue weighted by Crippen LogP contribution is 2.38. The number of hydrogen-bond donors (Lipinski definition) is 5. The summed E-state index contributed by atoms with van der Waals surface area (Å²) in [7, 11) is 0. The third-order valence-corrected chi connectivity index (χ3v) is 6.97. The van der Waals surface area contributed by atoms with Crippen LogP contribution in [0.5, 0.6) is 0 Å². The summed E-state index contributed by atoms with van der Waals surface area (Å²) >= 11 is 0. The van der Waals surface area contributed by atoms with E-state index in [1.165, 1.54) is 20.8 Å². The molecular weight excluding hydrogens is 522 g/mol. The van der Waals surface area contributed by atoms with Crippen molar-refractivity contribution in [3.8, 4) is 0 Å². The summed E-state index contributed by atoms with van der Waals surface area (Å²) in [5.41, 5.74) is -5.09. The Balaban J connectivity index is 2.01. The van der Waals surface area contributed by atoms with Crippen LogP contribution < -0.4 is 5.32 Å². The molecule has 0 radical (unpaired) electrons. The molecule has 0 spiro atoms. The van der Waals surface area contributed by atoms with Gasteiger partial charge in [-0.2, -0.15) is 0 Å². The Bertz CT molecular complexity index is 906. The minimum absolute atomic E-state index is 0.121. The Morgan fingerprint density at radius 1 is 0.795 bits per heavy atom. The first-order chi connectivity index (χ1) is 18.3. The fraction of sp³-hybridized carbons (Fsp3) is 0.720. The number of rotatable bonds is 16. The molecule has 220 valence electrons. The molecule has 1 amide bonds. The number of amides is 1.